The monoisotopic (exact) mass is 379 g/mol. The first kappa shape index (κ1) is 19.2. The minimum absolute atomic E-state index is 0.211. The van der Waals surface area contributed by atoms with Crippen LogP contribution in [0, 0.1) is 0 Å². The Labute approximate surface area is 162 Å². The molecule has 0 bridgehead atoms. The minimum atomic E-state index is -0.485. The van der Waals surface area contributed by atoms with Gasteiger partial charge in [0, 0.05) is 24.0 Å². The van der Waals surface area contributed by atoms with E-state index in [1.54, 1.807) is 50.4 Å². The molecule has 0 spiro atoms. The Morgan fingerprint density at radius 2 is 1.82 bits per heavy atom. The zero-order valence-corrected chi connectivity index (χ0v) is 15.6. The number of hydrogen-bond acceptors (Lipinski definition) is 5. The van der Waals surface area contributed by atoms with Gasteiger partial charge in [-0.15, -0.1) is 0 Å². The van der Waals surface area contributed by atoms with E-state index in [9.17, 15) is 9.59 Å². The third-order valence-electron chi connectivity index (χ3n) is 4.12. The van der Waals surface area contributed by atoms with Crippen molar-refractivity contribution in [3.05, 3.63) is 72.3 Å². The molecule has 8 heteroatoms. The van der Waals surface area contributed by atoms with Crippen LogP contribution in [0.2, 0.25) is 0 Å². The smallest absolute Gasteiger partial charge is 0.255 e. The second-order valence-electron chi connectivity index (χ2n) is 6.21. The highest BCUT2D eigenvalue weighted by molar-refractivity contribution is 6.04. The quantitative estimate of drug-likeness (QED) is 0.658. The molecular weight excluding hydrogens is 358 g/mol. The molecule has 1 unspecified atom stereocenters. The number of anilines is 2. The highest BCUT2D eigenvalue weighted by Crippen LogP contribution is 2.17. The van der Waals surface area contributed by atoms with Gasteiger partial charge in [-0.1, -0.05) is 12.1 Å². The number of ether oxygens (including phenoxy) is 1. The van der Waals surface area contributed by atoms with Crippen LogP contribution in [0.1, 0.15) is 28.9 Å². The molecule has 144 valence electrons. The average Bonchev–Trinajstić information content (AvgIpc) is 3.24. The largest absolute Gasteiger partial charge is 0.380 e. The van der Waals surface area contributed by atoms with E-state index >= 15 is 0 Å². The van der Waals surface area contributed by atoms with Crippen LogP contribution < -0.4 is 10.6 Å². The molecule has 1 heterocycles. The number of nitrogens with one attached hydrogen (secondary N) is 2. The van der Waals surface area contributed by atoms with Crippen molar-refractivity contribution in [1.29, 1.82) is 0 Å². The highest BCUT2D eigenvalue weighted by Gasteiger charge is 2.15. The molecule has 8 nitrogen and oxygen atoms in total. The number of benzene rings is 2. The lowest BCUT2D eigenvalue weighted by molar-refractivity contribution is -0.119. The summed E-state index contributed by atoms with van der Waals surface area (Å²) in [5.74, 6) is -0.424. The molecule has 3 rings (SSSR count). The van der Waals surface area contributed by atoms with Crippen LogP contribution in [0.15, 0.2) is 61.2 Å². The molecule has 0 fully saturated rings. The summed E-state index contributed by atoms with van der Waals surface area (Å²) < 4.78 is 6.56. The summed E-state index contributed by atoms with van der Waals surface area (Å²) in [5.41, 5.74) is 2.73. The van der Waals surface area contributed by atoms with Gasteiger partial charge in [0.1, 0.15) is 18.7 Å². The first-order valence-corrected chi connectivity index (χ1v) is 8.71. The first-order valence-electron chi connectivity index (χ1n) is 8.71. The molecule has 2 N–H and O–H groups in total. The fourth-order valence-electron chi connectivity index (χ4n) is 2.59. The van der Waals surface area contributed by atoms with Gasteiger partial charge < -0.3 is 15.4 Å². The Morgan fingerprint density at radius 1 is 1.11 bits per heavy atom. The van der Waals surface area contributed by atoms with Crippen molar-refractivity contribution in [2.24, 2.45) is 0 Å². The zero-order valence-electron chi connectivity index (χ0n) is 15.6. The molecule has 0 saturated carbocycles. The van der Waals surface area contributed by atoms with Crippen LogP contribution in [0.5, 0.6) is 0 Å². The van der Waals surface area contributed by atoms with Crippen molar-refractivity contribution in [1.82, 2.24) is 14.8 Å². The Morgan fingerprint density at radius 3 is 2.46 bits per heavy atom. The molecule has 0 radical (unpaired) electrons. The maximum absolute atomic E-state index is 12.4. The van der Waals surface area contributed by atoms with E-state index in [0.717, 1.165) is 5.56 Å². The summed E-state index contributed by atoms with van der Waals surface area (Å²) in [6, 6.07) is 13.7. The van der Waals surface area contributed by atoms with E-state index in [1.807, 2.05) is 12.1 Å². The fraction of sp³-hybridized carbons (Fsp3) is 0.200. The molecule has 1 aromatic heterocycles. The van der Waals surface area contributed by atoms with E-state index in [4.69, 9.17) is 4.74 Å². The third-order valence-corrected chi connectivity index (χ3v) is 4.12. The van der Waals surface area contributed by atoms with Crippen molar-refractivity contribution >= 4 is 23.2 Å². The Kier molecular flexibility index (Phi) is 6.13. The van der Waals surface area contributed by atoms with Crippen LogP contribution in [0.25, 0.3) is 0 Å². The second kappa shape index (κ2) is 8.92. The third kappa shape index (κ3) is 4.80. The zero-order chi connectivity index (χ0) is 19.9. The van der Waals surface area contributed by atoms with Crippen LogP contribution in [0.3, 0.4) is 0 Å². The van der Waals surface area contributed by atoms with Gasteiger partial charge in [0.25, 0.3) is 5.91 Å². The number of nitrogens with zero attached hydrogens (tertiary/aromatic N) is 3. The molecule has 1 atom stereocenters. The van der Waals surface area contributed by atoms with E-state index in [1.165, 1.54) is 17.3 Å². The number of carbonyl (C=O) groups is 2. The SMILES string of the molecule is COCc1cccc(C(=O)Nc2ccc(NC(=O)C(C)n3cncn3)cc2)c1. The molecule has 0 saturated heterocycles. The van der Waals surface area contributed by atoms with Crippen LogP contribution >= 0.6 is 0 Å². The molecule has 0 aliphatic rings. The van der Waals surface area contributed by atoms with Gasteiger partial charge in [0.05, 0.1) is 6.61 Å². The summed E-state index contributed by atoms with van der Waals surface area (Å²) in [5, 5.41) is 9.61. The summed E-state index contributed by atoms with van der Waals surface area (Å²) in [7, 11) is 1.61. The van der Waals surface area contributed by atoms with Crippen LogP contribution in [-0.4, -0.2) is 33.7 Å². The number of aromatic nitrogens is 3. The molecule has 2 aromatic carbocycles. The summed E-state index contributed by atoms with van der Waals surface area (Å²) >= 11 is 0. The van der Waals surface area contributed by atoms with Gasteiger partial charge in [-0.25, -0.2) is 9.67 Å². The van der Waals surface area contributed by atoms with E-state index in [-0.39, 0.29) is 11.8 Å². The normalized spacial score (nSPS) is 11.6. The molecule has 2 amide bonds. The van der Waals surface area contributed by atoms with Crippen molar-refractivity contribution in [3.8, 4) is 0 Å². The molecular formula is C20H21N5O3. The first-order chi connectivity index (χ1) is 13.6. The number of rotatable bonds is 7. The lowest BCUT2D eigenvalue weighted by Crippen LogP contribution is -2.24. The van der Waals surface area contributed by atoms with Gasteiger partial charge in [-0.3, -0.25) is 9.59 Å². The van der Waals surface area contributed by atoms with E-state index in [0.29, 0.717) is 23.5 Å². The van der Waals surface area contributed by atoms with Gasteiger partial charge in [0.15, 0.2) is 0 Å². The van der Waals surface area contributed by atoms with Crippen molar-refractivity contribution < 1.29 is 14.3 Å². The number of methoxy groups -OCH3 is 1. The maximum atomic E-state index is 12.4. The van der Waals surface area contributed by atoms with Crippen molar-refractivity contribution in [2.75, 3.05) is 17.7 Å². The van der Waals surface area contributed by atoms with Gasteiger partial charge in [-0.2, -0.15) is 5.10 Å². The summed E-state index contributed by atoms with van der Waals surface area (Å²) in [4.78, 5) is 28.5. The topological polar surface area (TPSA) is 98.1 Å². The number of amides is 2. The lowest BCUT2D eigenvalue weighted by atomic mass is 10.1. The molecule has 0 aliphatic carbocycles. The highest BCUT2D eigenvalue weighted by atomic mass is 16.5. The van der Waals surface area contributed by atoms with E-state index in [2.05, 4.69) is 20.7 Å². The maximum Gasteiger partial charge on any atom is 0.255 e. The van der Waals surface area contributed by atoms with Crippen LogP contribution in [0.4, 0.5) is 11.4 Å². The Bertz CT molecular complexity index is 939. The fourth-order valence-corrected chi connectivity index (χ4v) is 2.59. The summed E-state index contributed by atoms with van der Waals surface area (Å²) in [6.45, 7) is 2.18. The average molecular weight is 379 g/mol. The van der Waals surface area contributed by atoms with Crippen molar-refractivity contribution in [2.45, 2.75) is 19.6 Å². The predicted octanol–water partition coefficient (Wildman–Crippen LogP) is 2.88. The van der Waals surface area contributed by atoms with Gasteiger partial charge in [0.2, 0.25) is 5.91 Å². The molecule has 0 aliphatic heterocycles. The Hall–Kier alpha value is -3.52. The number of hydrogen-bond donors (Lipinski definition) is 2. The molecule has 28 heavy (non-hydrogen) atoms. The Balaban J connectivity index is 1.60. The predicted molar refractivity (Wildman–Crippen MR) is 105 cm³/mol. The lowest BCUT2D eigenvalue weighted by Gasteiger charge is -2.12. The van der Waals surface area contributed by atoms with Gasteiger partial charge >= 0.3 is 0 Å². The van der Waals surface area contributed by atoms with Gasteiger partial charge in [-0.05, 0) is 48.9 Å². The molecule has 3 aromatic rings. The van der Waals surface area contributed by atoms with E-state index < -0.39 is 6.04 Å². The standard InChI is InChI=1S/C20H21N5O3/c1-14(25-13-21-12-22-25)19(26)23-17-6-8-18(9-7-17)24-20(27)16-5-3-4-15(10-16)11-28-2/h3-10,12-14H,11H2,1-2H3,(H,23,26)(H,24,27). The van der Waals surface area contributed by atoms with Crippen molar-refractivity contribution in [3.63, 3.8) is 0 Å². The number of carbonyl (C=O) groups excluding carboxylic acids is 2. The van der Waals surface area contributed by atoms with Crippen LogP contribution in [-0.2, 0) is 16.1 Å². The summed E-state index contributed by atoms with van der Waals surface area (Å²) in [6.07, 6.45) is 2.87. The minimum Gasteiger partial charge on any atom is -0.380 e. The second-order valence-corrected chi connectivity index (χ2v) is 6.21.